The first-order chi connectivity index (χ1) is 12.5. The maximum Gasteiger partial charge on any atom is 0.458 e. The van der Waals surface area contributed by atoms with E-state index in [0.29, 0.717) is 0 Å². The lowest BCUT2D eigenvalue weighted by atomic mass is 9.68. The van der Waals surface area contributed by atoms with Gasteiger partial charge in [-0.05, 0) is 0 Å². The molecule has 1 rings (SSSR count). The van der Waals surface area contributed by atoms with Crippen LogP contribution >= 0.6 is 0 Å². The largest absolute Gasteiger partial charge is 0.458 e. The molecule has 1 aliphatic rings. The van der Waals surface area contributed by atoms with Gasteiger partial charge in [-0.25, -0.2) is 8.78 Å². The number of hydrogen-bond acceptors (Lipinski definition) is 2. The van der Waals surface area contributed by atoms with Gasteiger partial charge in [0.2, 0.25) is 0 Å². The van der Waals surface area contributed by atoms with E-state index in [2.05, 4.69) is 0 Å². The normalized spacial score (nSPS) is 29.1. The zero-order valence-electron chi connectivity index (χ0n) is 12.6. The number of rotatable bonds is 3. The van der Waals surface area contributed by atoms with E-state index < -0.39 is 62.5 Å². The van der Waals surface area contributed by atoms with Crippen molar-refractivity contribution in [1.29, 1.82) is 0 Å². The highest BCUT2D eigenvalue weighted by Crippen LogP contribution is 2.74. The Morgan fingerprint density at radius 3 is 0.967 bits per heavy atom. The summed E-state index contributed by atoms with van der Waals surface area (Å²) in [5.41, 5.74) is -9.05. The van der Waals surface area contributed by atoms with Gasteiger partial charge >= 0.3 is 62.5 Å². The van der Waals surface area contributed by atoms with E-state index in [1.807, 2.05) is 0 Å². The summed E-state index contributed by atoms with van der Waals surface area (Å²) in [5.74, 6) is -51.2. The van der Waals surface area contributed by atoms with Crippen LogP contribution in [0, 0.1) is 0 Å². The van der Waals surface area contributed by atoms with Gasteiger partial charge in [0.1, 0.15) is 0 Å². The Morgan fingerprint density at radius 1 is 0.533 bits per heavy atom. The average Bonchev–Trinajstić information content (AvgIpc) is 2.48. The van der Waals surface area contributed by atoms with Crippen molar-refractivity contribution in [3.63, 3.8) is 0 Å². The highest BCUT2D eigenvalue weighted by Gasteiger charge is 3.09. The summed E-state index contributed by atoms with van der Waals surface area (Å²) >= 11 is 0. The van der Waals surface area contributed by atoms with E-state index in [-0.39, 0.29) is 0 Å². The van der Waals surface area contributed by atoms with Gasteiger partial charge in [-0.15, -0.1) is 0 Å². The zero-order chi connectivity index (χ0) is 25.0. The van der Waals surface area contributed by atoms with Crippen LogP contribution in [0.25, 0.3) is 0 Å². The molecule has 0 bridgehead atoms. The molecular formula is C9HF17O3S. The fourth-order valence-corrected chi connectivity index (χ4v) is 3.42. The van der Waals surface area contributed by atoms with Gasteiger partial charge in [-0.2, -0.15) is 74.3 Å². The Morgan fingerprint density at radius 2 is 0.767 bits per heavy atom. The van der Waals surface area contributed by atoms with Gasteiger partial charge in [-0.3, -0.25) is 4.55 Å². The monoisotopic (exact) mass is 512 g/mol. The van der Waals surface area contributed by atoms with Crippen LogP contribution in [-0.2, 0) is 10.1 Å². The van der Waals surface area contributed by atoms with Crippen molar-refractivity contribution in [3.05, 3.63) is 0 Å². The molecule has 1 fully saturated rings. The second-order valence-electron chi connectivity index (χ2n) is 5.67. The van der Waals surface area contributed by atoms with Crippen molar-refractivity contribution in [2.24, 2.45) is 0 Å². The van der Waals surface area contributed by atoms with Gasteiger partial charge in [0.15, 0.2) is 0 Å². The second-order valence-corrected chi connectivity index (χ2v) is 7.19. The van der Waals surface area contributed by atoms with Crippen LogP contribution in [-0.4, -0.2) is 65.4 Å². The van der Waals surface area contributed by atoms with Crippen molar-refractivity contribution in [2.45, 2.75) is 52.4 Å². The van der Waals surface area contributed by atoms with E-state index >= 15 is 0 Å². The fraction of sp³-hybridized carbons (Fsp3) is 1.00. The maximum absolute atomic E-state index is 14.3. The maximum atomic E-state index is 14.3. The summed E-state index contributed by atoms with van der Waals surface area (Å²) < 4.78 is 254. The molecule has 1 aliphatic carbocycles. The molecule has 0 aromatic rings. The third-order valence-electron chi connectivity index (χ3n) is 4.00. The Kier molecular flexibility index (Phi) is 5.12. The zero-order valence-corrected chi connectivity index (χ0v) is 13.4. The van der Waals surface area contributed by atoms with Gasteiger partial charge in [0.05, 0.1) is 0 Å². The lowest BCUT2D eigenvalue weighted by Crippen LogP contribution is -2.91. The first-order valence-electron chi connectivity index (χ1n) is 6.18. The molecule has 0 radical (unpaired) electrons. The quantitative estimate of drug-likeness (QED) is 0.444. The molecule has 0 aliphatic heterocycles. The molecule has 0 amide bonds. The molecule has 1 atom stereocenters. The summed E-state index contributed by atoms with van der Waals surface area (Å²) in [6, 6.07) is 0. The minimum atomic E-state index is -9.05. The molecule has 180 valence electrons. The van der Waals surface area contributed by atoms with Crippen molar-refractivity contribution in [1.82, 2.24) is 0 Å². The molecule has 0 aromatic heterocycles. The summed E-state index contributed by atoms with van der Waals surface area (Å²) in [4.78, 5) is 0. The van der Waals surface area contributed by atoms with Gasteiger partial charge < -0.3 is 0 Å². The van der Waals surface area contributed by atoms with Gasteiger partial charge in [-0.1, -0.05) is 0 Å². The first kappa shape index (κ1) is 26.8. The summed E-state index contributed by atoms with van der Waals surface area (Å²) in [6.45, 7) is 0. The molecule has 1 unspecified atom stereocenters. The predicted octanol–water partition coefficient (Wildman–Crippen LogP) is 4.64. The molecule has 1 saturated carbocycles. The standard InChI is InChI=1S/C9HF17O3S/c10-1(8(23,30(27,28)29)7(21,22)9(24,25)26)2(11,12)4(15,16)6(19,20)5(17,18)3(1,13)14/h(H,27,28,29). The number of halogens is 17. The molecular weight excluding hydrogens is 511 g/mol. The summed E-state index contributed by atoms with van der Waals surface area (Å²) in [5, 5.41) is -8.82. The van der Waals surface area contributed by atoms with E-state index in [1.54, 1.807) is 0 Å². The van der Waals surface area contributed by atoms with Crippen molar-refractivity contribution >= 4 is 10.1 Å². The lowest BCUT2D eigenvalue weighted by molar-refractivity contribution is -0.504. The van der Waals surface area contributed by atoms with Gasteiger partial charge in [0.25, 0.3) is 0 Å². The van der Waals surface area contributed by atoms with E-state index in [1.165, 1.54) is 0 Å². The minimum Gasteiger partial charge on any atom is -0.283 e. The summed E-state index contributed by atoms with van der Waals surface area (Å²) in [7, 11) is -8.83. The van der Waals surface area contributed by atoms with E-state index in [0.717, 1.165) is 0 Å². The molecule has 0 heterocycles. The van der Waals surface area contributed by atoms with Crippen LogP contribution in [0.3, 0.4) is 0 Å². The molecule has 1 N–H and O–H groups in total. The van der Waals surface area contributed by atoms with Crippen molar-refractivity contribution < 1.29 is 87.6 Å². The SMILES string of the molecule is O=S(=O)(O)C(F)(C(F)(F)C(F)(F)F)C1(F)C(F)(F)C(F)(F)C(F)(F)C(F)(F)C1(F)F. The Balaban J connectivity index is 4.45. The van der Waals surface area contributed by atoms with Crippen LogP contribution in [0.5, 0.6) is 0 Å². The fourth-order valence-electron chi connectivity index (χ4n) is 2.36. The van der Waals surface area contributed by atoms with Crippen LogP contribution in [0.2, 0.25) is 0 Å². The first-order valence-corrected chi connectivity index (χ1v) is 7.62. The Hall–Kier alpha value is -1.28. The molecule has 30 heavy (non-hydrogen) atoms. The molecule has 0 aromatic carbocycles. The number of alkyl halides is 17. The molecule has 21 heteroatoms. The summed E-state index contributed by atoms with van der Waals surface area (Å²) in [6.07, 6.45) is -8.15. The van der Waals surface area contributed by atoms with Crippen molar-refractivity contribution in [2.75, 3.05) is 0 Å². The van der Waals surface area contributed by atoms with Gasteiger partial charge in [0, 0.05) is 0 Å². The smallest absolute Gasteiger partial charge is 0.283 e. The number of hydrogen-bond donors (Lipinski definition) is 1. The Labute approximate surface area is 151 Å². The van der Waals surface area contributed by atoms with Crippen LogP contribution in [0.4, 0.5) is 74.6 Å². The third kappa shape index (κ3) is 2.25. The second kappa shape index (κ2) is 5.74. The highest BCUT2D eigenvalue weighted by atomic mass is 32.2. The average molecular weight is 512 g/mol. The van der Waals surface area contributed by atoms with Crippen LogP contribution < -0.4 is 0 Å². The highest BCUT2D eigenvalue weighted by molar-refractivity contribution is 7.87. The van der Waals surface area contributed by atoms with E-state index in [9.17, 15) is 83.1 Å². The molecule has 0 saturated heterocycles. The predicted molar refractivity (Wildman–Crippen MR) is 55.0 cm³/mol. The van der Waals surface area contributed by atoms with Crippen molar-refractivity contribution in [3.8, 4) is 0 Å². The van der Waals surface area contributed by atoms with Crippen LogP contribution in [0.1, 0.15) is 0 Å². The lowest BCUT2D eigenvalue weighted by Gasteiger charge is -2.55. The molecule has 3 nitrogen and oxygen atoms in total. The Bertz CT molecular complexity index is 796. The third-order valence-corrected chi connectivity index (χ3v) is 5.25. The van der Waals surface area contributed by atoms with E-state index in [4.69, 9.17) is 4.55 Å². The van der Waals surface area contributed by atoms with Crippen LogP contribution in [0.15, 0.2) is 0 Å². The minimum absolute atomic E-state index is 8.12. The molecule has 0 spiro atoms. The topological polar surface area (TPSA) is 54.4 Å².